The molecule has 2 aromatic rings. The van der Waals surface area contributed by atoms with Crippen LogP contribution in [0.4, 0.5) is 10.6 Å². The zero-order valence-electron chi connectivity index (χ0n) is 16.6. The van der Waals surface area contributed by atoms with E-state index in [1.165, 1.54) is 4.90 Å². The molecule has 1 spiro atoms. The van der Waals surface area contributed by atoms with E-state index in [9.17, 15) is 9.59 Å². The van der Waals surface area contributed by atoms with Gasteiger partial charge in [0.25, 0.3) is 0 Å². The third-order valence-corrected chi connectivity index (χ3v) is 6.05. The largest absolute Gasteiger partial charge is 0.466 e. The molecule has 8 nitrogen and oxygen atoms in total. The number of aryl methyl sites for hydroxylation is 1. The summed E-state index contributed by atoms with van der Waals surface area (Å²) < 4.78 is 5.01. The summed E-state index contributed by atoms with van der Waals surface area (Å²) in [6, 6.07) is 6.04. The molecule has 2 saturated heterocycles. The highest BCUT2D eigenvalue weighted by Crippen LogP contribution is 2.43. The van der Waals surface area contributed by atoms with Gasteiger partial charge in [0, 0.05) is 43.4 Å². The first-order valence-corrected chi connectivity index (χ1v) is 10.1. The Kier molecular flexibility index (Phi) is 5.25. The van der Waals surface area contributed by atoms with Gasteiger partial charge in [0.05, 0.1) is 12.1 Å². The molecular weight excluding hydrogens is 372 g/mol. The Morgan fingerprint density at radius 3 is 2.66 bits per heavy atom. The van der Waals surface area contributed by atoms with Crippen molar-refractivity contribution >= 4 is 28.8 Å². The minimum absolute atomic E-state index is 0.185. The van der Waals surface area contributed by atoms with Gasteiger partial charge in [-0.05, 0) is 43.9 Å². The van der Waals surface area contributed by atoms with Gasteiger partial charge in [-0.1, -0.05) is 6.07 Å². The van der Waals surface area contributed by atoms with Gasteiger partial charge in [-0.15, -0.1) is 0 Å². The first kappa shape index (κ1) is 19.4. The molecule has 2 aliphatic heterocycles. The van der Waals surface area contributed by atoms with Crippen LogP contribution in [0.15, 0.2) is 24.5 Å². The summed E-state index contributed by atoms with van der Waals surface area (Å²) in [6.07, 6.45) is 3.53. The van der Waals surface area contributed by atoms with Crippen molar-refractivity contribution in [3.05, 3.63) is 30.1 Å². The molecule has 2 fully saturated rings. The smallest absolute Gasteiger partial charge is 0.407 e. The zero-order chi connectivity index (χ0) is 20.4. The van der Waals surface area contributed by atoms with Gasteiger partial charge in [-0.3, -0.25) is 4.79 Å². The number of fused-ring (bicyclic) bond motifs is 1. The number of benzene rings is 1. The number of hydrogen-bond acceptors (Lipinski definition) is 6. The van der Waals surface area contributed by atoms with Gasteiger partial charge >= 0.3 is 12.1 Å². The summed E-state index contributed by atoms with van der Waals surface area (Å²) in [5.74, 6) is 0.730. The van der Waals surface area contributed by atoms with E-state index in [-0.39, 0.29) is 11.4 Å². The van der Waals surface area contributed by atoms with Gasteiger partial charge in [0.2, 0.25) is 0 Å². The molecule has 0 bridgehead atoms. The Bertz CT molecular complexity index is 916. The Morgan fingerprint density at radius 1 is 1.21 bits per heavy atom. The SMILES string of the molecule is CCOC(=O)CCc1ccc2ncnc(N3CC4(CCN(C(=O)O)CC4)C3)c2c1. The van der Waals surface area contributed by atoms with E-state index < -0.39 is 6.09 Å². The molecule has 1 aromatic carbocycles. The molecule has 0 atom stereocenters. The molecule has 1 aromatic heterocycles. The molecule has 0 saturated carbocycles. The number of carbonyl (C=O) groups excluding carboxylic acids is 1. The second-order valence-electron chi connectivity index (χ2n) is 7.98. The van der Waals surface area contributed by atoms with Crippen molar-refractivity contribution < 1.29 is 19.4 Å². The Labute approximate surface area is 169 Å². The Hall–Kier alpha value is -2.90. The van der Waals surface area contributed by atoms with Crippen LogP contribution in [0.2, 0.25) is 0 Å². The minimum atomic E-state index is -0.826. The van der Waals surface area contributed by atoms with Crippen molar-refractivity contribution in [1.29, 1.82) is 0 Å². The van der Waals surface area contributed by atoms with Gasteiger partial charge in [-0.25, -0.2) is 14.8 Å². The Morgan fingerprint density at radius 2 is 1.97 bits per heavy atom. The summed E-state index contributed by atoms with van der Waals surface area (Å²) in [4.78, 5) is 35.5. The van der Waals surface area contributed by atoms with E-state index in [0.717, 1.165) is 48.2 Å². The monoisotopic (exact) mass is 398 g/mol. The predicted molar refractivity (Wildman–Crippen MR) is 108 cm³/mol. The van der Waals surface area contributed by atoms with Gasteiger partial charge < -0.3 is 19.6 Å². The molecule has 29 heavy (non-hydrogen) atoms. The van der Waals surface area contributed by atoms with Crippen LogP contribution in [0.25, 0.3) is 10.9 Å². The van der Waals surface area contributed by atoms with Crippen molar-refractivity contribution in [2.45, 2.75) is 32.6 Å². The van der Waals surface area contributed by atoms with Crippen molar-refractivity contribution in [2.75, 3.05) is 37.7 Å². The fourth-order valence-electron chi connectivity index (χ4n) is 4.38. The molecule has 2 aliphatic rings. The number of piperidine rings is 1. The zero-order valence-corrected chi connectivity index (χ0v) is 16.6. The van der Waals surface area contributed by atoms with Gasteiger partial charge in [0.15, 0.2) is 0 Å². The lowest BCUT2D eigenvalue weighted by atomic mass is 9.72. The van der Waals surface area contributed by atoms with Crippen LogP contribution in [0.1, 0.15) is 31.7 Å². The molecule has 3 heterocycles. The molecular formula is C21H26N4O4. The topological polar surface area (TPSA) is 95.9 Å². The van der Waals surface area contributed by atoms with Crippen molar-refractivity contribution in [3.63, 3.8) is 0 Å². The van der Waals surface area contributed by atoms with E-state index in [2.05, 4.69) is 20.9 Å². The molecule has 1 N–H and O–H groups in total. The fraction of sp³-hybridized carbons (Fsp3) is 0.524. The number of carbonyl (C=O) groups is 2. The van der Waals surface area contributed by atoms with Crippen LogP contribution in [-0.4, -0.2) is 64.8 Å². The summed E-state index contributed by atoms with van der Waals surface area (Å²) in [7, 11) is 0. The number of ether oxygens (including phenoxy) is 1. The van der Waals surface area contributed by atoms with Crippen LogP contribution < -0.4 is 4.90 Å². The highest BCUT2D eigenvalue weighted by molar-refractivity contribution is 5.90. The van der Waals surface area contributed by atoms with Crippen LogP contribution >= 0.6 is 0 Å². The lowest BCUT2D eigenvalue weighted by Crippen LogP contribution is -2.61. The lowest BCUT2D eigenvalue weighted by Gasteiger charge is -2.54. The molecule has 1 amide bonds. The molecule has 0 unspecified atom stereocenters. The van der Waals surface area contributed by atoms with Crippen LogP contribution in [0, 0.1) is 5.41 Å². The molecule has 154 valence electrons. The second kappa shape index (κ2) is 7.85. The molecule has 8 heteroatoms. The Balaban J connectivity index is 1.46. The van der Waals surface area contributed by atoms with Crippen molar-refractivity contribution in [2.24, 2.45) is 5.41 Å². The number of esters is 1. The normalized spacial score (nSPS) is 18.0. The number of nitrogens with zero attached hydrogens (tertiary/aromatic N) is 4. The predicted octanol–water partition coefficient (Wildman–Crippen LogP) is 2.71. The van der Waals surface area contributed by atoms with E-state index in [4.69, 9.17) is 9.84 Å². The van der Waals surface area contributed by atoms with Crippen LogP contribution in [-0.2, 0) is 16.0 Å². The minimum Gasteiger partial charge on any atom is -0.466 e. The summed E-state index contributed by atoms with van der Waals surface area (Å²) >= 11 is 0. The quantitative estimate of drug-likeness (QED) is 0.774. The molecule has 0 radical (unpaired) electrons. The standard InChI is InChI=1S/C21H26N4O4/c1-2-29-18(26)6-4-15-3-5-17-16(11-15)19(23-14-22-17)25-12-21(13-25)7-9-24(10-8-21)20(27)28/h3,5,11,14H,2,4,6-10,12-13H2,1H3,(H,27,28). The van der Waals surface area contributed by atoms with E-state index in [0.29, 0.717) is 32.5 Å². The van der Waals surface area contributed by atoms with E-state index in [1.54, 1.807) is 6.33 Å². The summed E-state index contributed by atoms with van der Waals surface area (Å²) in [5, 5.41) is 10.1. The average molecular weight is 398 g/mol. The lowest BCUT2D eigenvalue weighted by molar-refractivity contribution is -0.143. The highest BCUT2D eigenvalue weighted by Gasteiger charge is 2.46. The first-order chi connectivity index (χ1) is 14.0. The number of likely N-dealkylation sites (tertiary alicyclic amines) is 1. The maximum Gasteiger partial charge on any atom is 0.407 e. The number of carboxylic acid groups (broad SMARTS) is 1. The fourth-order valence-corrected chi connectivity index (χ4v) is 4.38. The van der Waals surface area contributed by atoms with E-state index in [1.807, 2.05) is 19.1 Å². The van der Waals surface area contributed by atoms with E-state index >= 15 is 0 Å². The average Bonchev–Trinajstić information content (AvgIpc) is 2.70. The number of amides is 1. The third-order valence-electron chi connectivity index (χ3n) is 6.05. The number of anilines is 1. The highest BCUT2D eigenvalue weighted by atomic mass is 16.5. The number of rotatable bonds is 5. The first-order valence-electron chi connectivity index (χ1n) is 10.1. The van der Waals surface area contributed by atoms with Crippen molar-refractivity contribution in [1.82, 2.24) is 14.9 Å². The maximum absolute atomic E-state index is 11.7. The summed E-state index contributed by atoms with van der Waals surface area (Å²) in [5.41, 5.74) is 2.13. The van der Waals surface area contributed by atoms with Gasteiger partial charge in [-0.2, -0.15) is 0 Å². The van der Waals surface area contributed by atoms with Crippen LogP contribution in [0.5, 0.6) is 0 Å². The molecule has 4 rings (SSSR count). The number of hydrogen-bond donors (Lipinski definition) is 1. The third kappa shape index (κ3) is 3.97. The van der Waals surface area contributed by atoms with Crippen molar-refractivity contribution in [3.8, 4) is 0 Å². The molecule has 0 aliphatic carbocycles. The summed E-state index contributed by atoms with van der Waals surface area (Å²) in [6.45, 7) is 5.19. The second-order valence-corrected chi connectivity index (χ2v) is 7.98. The number of aromatic nitrogens is 2. The maximum atomic E-state index is 11.7. The van der Waals surface area contributed by atoms with Crippen LogP contribution in [0.3, 0.4) is 0 Å². The van der Waals surface area contributed by atoms with Gasteiger partial charge in [0.1, 0.15) is 12.1 Å².